The Balaban J connectivity index is 3.48. The van der Waals surface area contributed by atoms with Crippen LogP contribution in [0.15, 0.2) is 29.4 Å². The van der Waals surface area contributed by atoms with Crippen LogP contribution in [0, 0.1) is 22.0 Å². The van der Waals surface area contributed by atoms with E-state index < -0.39 is 77.1 Å². The second-order valence-corrected chi connectivity index (χ2v) is 11.9. The molecule has 1 aromatic rings. The SMILES string of the molecule is CC(C)C[C@H](NC(=O)[C@H](CCCN/C(N)=N/[N+](=O)[O-])NC(=O)C(C(=O)[C@H](CC(C)C)NC(=O)[C@@H](N)CO)c1ccc(N)cc1)C(N)=O. The van der Waals surface area contributed by atoms with Gasteiger partial charge in [-0.3, -0.25) is 24.0 Å². The fourth-order valence-corrected chi connectivity index (χ4v) is 4.57. The zero-order valence-electron chi connectivity index (χ0n) is 27.1. The van der Waals surface area contributed by atoms with E-state index in [1.165, 1.54) is 24.3 Å². The second-order valence-electron chi connectivity index (χ2n) is 11.9. The maximum atomic E-state index is 14.1. The third-order valence-corrected chi connectivity index (χ3v) is 6.88. The molecular weight excluding hydrogens is 616 g/mol. The van der Waals surface area contributed by atoms with E-state index in [1.54, 1.807) is 13.8 Å². The Labute approximate surface area is 273 Å². The van der Waals surface area contributed by atoms with Crippen molar-refractivity contribution in [1.82, 2.24) is 21.3 Å². The zero-order chi connectivity index (χ0) is 35.8. The number of aliphatic hydroxyl groups is 1. The van der Waals surface area contributed by atoms with Crippen LogP contribution in [0.4, 0.5) is 5.69 Å². The lowest BCUT2D eigenvalue weighted by molar-refractivity contribution is -0.485. The number of rotatable bonds is 20. The van der Waals surface area contributed by atoms with Crippen molar-refractivity contribution in [2.75, 3.05) is 18.9 Å². The van der Waals surface area contributed by atoms with Crippen LogP contribution in [0.1, 0.15) is 64.9 Å². The molecule has 0 aliphatic rings. The van der Waals surface area contributed by atoms with Crippen LogP contribution in [0.2, 0.25) is 0 Å². The molecule has 4 amide bonds. The fourth-order valence-electron chi connectivity index (χ4n) is 4.57. The number of benzene rings is 1. The van der Waals surface area contributed by atoms with Crippen molar-refractivity contribution in [3.8, 4) is 0 Å². The molecule has 1 aromatic carbocycles. The van der Waals surface area contributed by atoms with Gasteiger partial charge in [0.25, 0.3) is 5.96 Å². The average molecular weight is 665 g/mol. The van der Waals surface area contributed by atoms with E-state index in [1.807, 2.05) is 13.8 Å². The van der Waals surface area contributed by atoms with Gasteiger partial charge in [-0.2, -0.15) is 0 Å². The van der Waals surface area contributed by atoms with Crippen LogP contribution in [0.5, 0.6) is 0 Å². The van der Waals surface area contributed by atoms with Gasteiger partial charge in [0.15, 0.2) is 10.8 Å². The average Bonchev–Trinajstić information content (AvgIpc) is 2.97. The molecule has 0 saturated heterocycles. The van der Waals surface area contributed by atoms with E-state index in [4.69, 9.17) is 22.9 Å². The van der Waals surface area contributed by atoms with Gasteiger partial charge in [0.1, 0.15) is 29.1 Å². The number of nitrogen functional groups attached to an aromatic ring is 1. The van der Waals surface area contributed by atoms with Gasteiger partial charge in [-0.05, 0) is 55.2 Å². The number of anilines is 1. The molecule has 47 heavy (non-hydrogen) atoms. The van der Waals surface area contributed by atoms with Crippen molar-refractivity contribution in [2.45, 2.75) is 83.5 Å². The summed E-state index contributed by atoms with van der Waals surface area (Å²) in [6.45, 7) is 6.61. The summed E-state index contributed by atoms with van der Waals surface area (Å²) in [7, 11) is 0. The number of amides is 4. The lowest BCUT2D eigenvalue weighted by Gasteiger charge is -2.28. The van der Waals surface area contributed by atoms with Gasteiger partial charge in [-0.25, -0.2) is 10.1 Å². The van der Waals surface area contributed by atoms with Crippen LogP contribution in [-0.2, 0) is 24.0 Å². The van der Waals surface area contributed by atoms with E-state index in [-0.39, 0.29) is 49.6 Å². The molecule has 0 bridgehead atoms. The topological polar surface area (TPSA) is 313 Å². The molecule has 0 saturated carbocycles. The summed E-state index contributed by atoms with van der Waals surface area (Å²) in [6.07, 6.45) is 0.406. The predicted molar refractivity (Wildman–Crippen MR) is 173 cm³/mol. The molecule has 0 radical (unpaired) electrons. The van der Waals surface area contributed by atoms with E-state index >= 15 is 0 Å². The summed E-state index contributed by atoms with van der Waals surface area (Å²) in [5.74, 6) is -6.10. The van der Waals surface area contributed by atoms with Gasteiger partial charge in [-0.1, -0.05) is 39.8 Å². The largest absolute Gasteiger partial charge is 0.399 e. The summed E-state index contributed by atoms with van der Waals surface area (Å²) >= 11 is 0. The molecule has 0 aromatic heterocycles. The Morgan fingerprint density at radius 2 is 1.40 bits per heavy atom. The molecule has 18 nitrogen and oxygen atoms in total. The minimum atomic E-state index is -1.54. The molecule has 0 aliphatic heterocycles. The van der Waals surface area contributed by atoms with Crippen molar-refractivity contribution < 1.29 is 34.1 Å². The lowest BCUT2D eigenvalue weighted by atomic mass is 9.86. The summed E-state index contributed by atoms with van der Waals surface area (Å²) in [4.78, 5) is 76.7. The second kappa shape index (κ2) is 19.6. The Hall–Kier alpha value is -4.84. The van der Waals surface area contributed by atoms with Crippen LogP contribution in [-0.4, -0.2) is 82.8 Å². The number of guanidine groups is 1. The number of Topliss-reactive ketones (excluding diaryl/α,β-unsaturated/α-hetero) is 1. The van der Waals surface area contributed by atoms with Crippen molar-refractivity contribution in [3.63, 3.8) is 0 Å². The summed E-state index contributed by atoms with van der Waals surface area (Å²) < 4.78 is 0. The Kier molecular flexibility index (Phi) is 16.8. The standard InChI is InChI=1S/C29H48N10O8/c1-15(2)12-21(36-26(43)19(31)14-40)24(41)23(17-7-9-18(30)10-8-17)28(45)35-20(6-5-11-34-29(33)38-39(46)47)27(44)37-22(25(32)42)13-16(3)4/h7-10,15-16,19-23,40H,5-6,11-14,30-31H2,1-4H3,(H2,32,42)(H,35,45)(H,36,43)(H,37,44)(H3,33,34,38)/t19-,20-,21-,22-,23?/m0/s1. The fraction of sp³-hybridized carbons (Fsp3) is 0.586. The Bertz CT molecular complexity index is 1270. The molecule has 0 fully saturated rings. The third-order valence-electron chi connectivity index (χ3n) is 6.88. The highest BCUT2D eigenvalue weighted by Crippen LogP contribution is 2.23. The number of nitrogens with one attached hydrogen (secondary N) is 4. The number of nitrogens with two attached hydrogens (primary N) is 4. The monoisotopic (exact) mass is 664 g/mol. The first-order valence-electron chi connectivity index (χ1n) is 15.1. The van der Waals surface area contributed by atoms with E-state index in [2.05, 4.69) is 26.4 Å². The lowest BCUT2D eigenvalue weighted by Crippen LogP contribution is -2.56. The predicted octanol–water partition coefficient (Wildman–Crippen LogP) is -1.85. The smallest absolute Gasteiger partial charge is 0.266 e. The Morgan fingerprint density at radius 1 is 0.872 bits per heavy atom. The number of hydrazone groups is 1. The van der Waals surface area contributed by atoms with E-state index in [0.717, 1.165) is 0 Å². The molecule has 1 rings (SSSR count). The maximum absolute atomic E-state index is 14.1. The van der Waals surface area contributed by atoms with E-state index in [0.29, 0.717) is 5.69 Å². The molecule has 1 unspecified atom stereocenters. The maximum Gasteiger partial charge on any atom is 0.266 e. The van der Waals surface area contributed by atoms with Gasteiger partial charge in [0.2, 0.25) is 23.6 Å². The molecule has 0 spiro atoms. The van der Waals surface area contributed by atoms with Gasteiger partial charge in [0, 0.05) is 12.2 Å². The van der Waals surface area contributed by atoms with Crippen molar-refractivity contribution >= 4 is 41.1 Å². The highest BCUT2D eigenvalue weighted by atomic mass is 16.7. The van der Waals surface area contributed by atoms with Crippen LogP contribution in [0.3, 0.4) is 0 Å². The number of primary amides is 1. The normalized spacial score (nSPS) is 14.8. The summed E-state index contributed by atoms with van der Waals surface area (Å²) in [6, 6.07) is 1.03. The molecule has 0 heterocycles. The Morgan fingerprint density at radius 3 is 1.91 bits per heavy atom. The number of aliphatic hydroxyl groups excluding tert-OH is 1. The quantitative estimate of drug-likeness (QED) is 0.0141. The van der Waals surface area contributed by atoms with Gasteiger partial charge < -0.3 is 49.3 Å². The molecule has 0 aliphatic carbocycles. The first-order chi connectivity index (χ1) is 22.0. The van der Waals surface area contributed by atoms with Gasteiger partial charge in [0.05, 0.1) is 12.6 Å². The van der Waals surface area contributed by atoms with Crippen LogP contribution >= 0.6 is 0 Å². The number of nitro groups is 1. The first-order valence-corrected chi connectivity index (χ1v) is 15.1. The summed E-state index contributed by atoms with van der Waals surface area (Å²) in [5, 5.41) is 32.0. The number of carbonyl (C=O) groups excluding carboxylic acids is 5. The van der Waals surface area contributed by atoms with Gasteiger partial charge in [-0.15, -0.1) is 0 Å². The van der Waals surface area contributed by atoms with Crippen LogP contribution < -0.4 is 44.2 Å². The molecular formula is C29H48N10O8. The van der Waals surface area contributed by atoms with Crippen molar-refractivity contribution in [3.05, 3.63) is 39.9 Å². The first kappa shape index (κ1) is 40.2. The number of carbonyl (C=O) groups is 5. The van der Waals surface area contributed by atoms with Crippen molar-refractivity contribution in [2.24, 2.45) is 34.1 Å². The molecule has 262 valence electrons. The van der Waals surface area contributed by atoms with E-state index in [9.17, 15) is 39.2 Å². The summed E-state index contributed by atoms with van der Waals surface area (Å²) in [5.41, 5.74) is 23.0. The number of ketones is 1. The van der Waals surface area contributed by atoms with Crippen molar-refractivity contribution in [1.29, 1.82) is 0 Å². The number of hydrogen-bond donors (Lipinski definition) is 9. The highest BCUT2D eigenvalue weighted by molar-refractivity contribution is 6.10. The zero-order valence-corrected chi connectivity index (χ0v) is 27.1. The molecule has 5 atom stereocenters. The minimum absolute atomic E-state index is 0.0159. The highest BCUT2D eigenvalue weighted by Gasteiger charge is 2.37. The third kappa shape index (κ3) is 14.4. The number of nitrogens with zero attached hydrogens (tertiary/aromatic N) is 2. The number of hydrogen-bond acceptors (Lipinski definition) is 10. The van der Waals surface area contributed by atoms with Crippen LogP contribution in [0.25, 0.3) is 0 Å². The molecule has 18 heteroatoms. The minimum Gasteiger partial charge on any atom is -0.399 e. The van der Waals surface area contributed by atoms with Gasteiger partial charge >= 0.3 is 0 Å². The molecule has 13 N–H and O–H groups in total.